The monoisotopic (exact) mass is 209 g/mol. The minimum Gasteiger partial charge on any atom is -0.496 e. The van der Waals surface area contributed by atoms with Crippen LogP contribution in [0.4, 0.5) is 4.39 Å². The third kappa shape index (κ3) is 2.29. The normalized spacial score (nSPS) is 17.7. The van der Waals surface area contributed by atoms with Crippen molar-refractivity contribution < 1.29 is 9.13 Å². The van der Waals surface area contributed by atoms with Gasteiger partial charge in [0, 0.05) is 6.07 Å². The van der Waals surface area contributed by atoms with Crippen molar-refractivity contribution in [3.05, 3.63) is 29.6 Å². The molecule has 0 atom stereocenters. The van der Waals surface area contributed by atoms with Gasteiger partial charge in [-0.25, -0.2) is 4.39 Å². The Kier molecular flexibility index (Phi) is 3.21. The summed E-state index contributed by atoms with van der Waals surface area (Å²) in [4.78, 5) is 0. The highest BCUT2D eigenvalue weighted by Crippen LogP contribution is 2.32. The summed E-state index contributed by atoms with van der Waals surface area (Å²) in [5.74, 6) is 0.952. The summed E-state index contributed by atoms with van der Waals surface area (Å²) < 4.78 is 18.2. The molecule has 1 heterocycles. The van der Waals surface area contributed by atoms with E-state index < -0.39 is 0 Å². The number of methoxy groups -OCH3 is 1. The first kappa shape index (κ1) is 10.4. The molecule has 1 aromatic carbocycles. The number of nitrogens with one attached hydrogen (secondary N) is 1. The molecule has 1 aliphatic rings. The summed E-state index contributed by atoms with van der Waals surface area (Å²) in [5.41, 5.74) is 1.14. The summed E-state index contributed by atoms with van der Waals surface area (Å²) in [6, 6.07) is 4.83. The first-order chi connectivity index (χ1) is 7.31. The standard InChI is InChI=1S/C12H16FNO/c1-15-12-8-10(13)2-3-11(12)9-4-6-14-7-5-9/h2-3,8-9,14H,4-7H2,1H3. The van der Waals surface area contributed by atoms with E-state index in [2.05, 4.69) is 5.32 Å². The molecule has 1 aromatic rings. The second-order valence-corrected chi connectivity index (χ2v) is 3.91. The molecular weight excluding hydrogens is 193 g/mol. The third-order valence-corrected chi connectivity index (χ3v) is 2.97. The predicted molar refractivity (Wildman–Crippen MR) is 57.8 cm³/mol. The van der Waals surface area contributed by atoms with Crippen LogP contribution in [0, 0.1) is 5.82 Å². The minimum absolute atomic E-state index is 0.232. The molecule has 0 radical (unpaired) electrons. The van der Waals surface area contributed by atoms with Gasteiger partial charge in [0.1, 0.15) is 11.6 Å². The molecule has 82 valence electrons. The Bertz CT molecular complexity index is 334. The molecule has 1 aliphatic heterocycles. The highest BCUT2D eigenvalue weighted by molar-refractivity contribution is 5.37. The fourth-order valence-electron chi connectivity index (χ4n) is 2.16. The van der Waals surface area contributed by atoms with Crippen LogP contribution in [0.15, 0.2) is 18.2 Å². The molecule has 0 saturated carbocycles. The van der Waals surface area contributed by atoms with Crippen molar-refractivity contribution in [2.75, 3.05) is 20.2 Å². The van der Waals surface area contributed by atoms with Crippen molar-refractivity contribution in [3.8, 4) is 5.75 Å². The molecule has 2 nitrogen and oxygen atoms in total. The summed E-state index contributed by atoms with van der Waals surface area (Å²) in [7, 11) is 1.60. The Morgan fingerprint density at radius 2 is 2.07 bits per heavy atom. The Morgan fingerprint density at radius 1 is 1.33 bits per heavy atom. The highest BCUT2D eigenvalue weighted by atomic mass is 19.1. The molecular formula is C12H16FNO. The molecule has 3 heteroatoms. The van der Waals surface area contributed by atoms with E-state index in [1.54, 1.807) is 7.11 Å². The van der Waals surface area contributed by atoms with Gasteiger partial charge in [0.25, 0.3) is 0 Å². The van der Waals surface area contributed by atoms with Gasteiger partial charge in [-0.3, -0.25) is 0 Å². The lowest BCUT2D eigenvalue weighted by Gasteiger charge is -2.24. The molecule has 0 aromatic heterocycles. The molecule has 1 fully saturated rings. The predicted octanol–water partition coefficient (Wildman–Crippen LogP) is 2.30. The van der Waals surface area contributed by atoms with Crippen LogP contribution in [0.2, 0.25) is 0 Å². The number of rotatable bonds is 2. The van der Waals surface area contributed by atoms with Gasteiger partial charge in [-0.15, -0.1) is 0 Å². The topological polar surface area (TPSA) is 21.3 Å². The Labute approximate surface area is 89.4 Å². The van der Waals surface area contributed by atoms with E-state index >= 15 is 0 Å². The van der Waals surface area contributed by atoms with E-state index in [1.807, 2.05) is 6.07 Å². The maximum atomic E-state index is 13.0. The molecule has 0 unspecified atom stereocenters. The van der Waals surface area contributed by atoms with Crippen LogP contribution in [-0.4, -0.2) is 20.2 Å². The Balaban J connectivity index is 2.25. The first-order valence-corrected chi connectivity index (χ1v) is 5.35. The van der Waals surface area contributed by atoms with Crippen LogP contribution in [0.25, 0.3) is 0 Å². The summed E-state index contributed by atoms with van der Waals surface area (Å²) in [6.07, 6.45) is 2.20. The molecule has 1 saturated heterocycles. The maximum Gasteiger partial charge on any atom is 0.126 e. The quantitative estimate of drug-likeness (QED) is 0.807. The van der Waals surface area contributed by atoms with Gasteiger partial charge in [0.15, 0.2) is 0 Å². The van der Waals surface area contributed by atoms with Crippen LogP contribution in [0.1, 0.15) is 24.3 Å². The summed E-state index contributed by atoms with van der Waals surface area (Å²) in [6.45, 7) is 2.07. The minimum atomic E-state index is -0.232. The molecule has 1 N–H and O–H groups in total. The number of piperidine rings is 1. The van der Waals surface area contributed by atoms with E-state index in [-0.39, 0.29) is 5.82 Å². The van der Waals surface area contributed by atoms with Crippen LogP contribution in [0.5, 0.6) is 5.75 Å². The van der Waals surface area contributed by atoms with Crippen molar-refractivity contribution in [2.45, 2.75) is 18.8 Å². The van der Waals surface area contributed by atoms with E-state index in [0.29, 0.717) is 11.7 Å². The van der Waals surface area contributed by atoms with E-state index in [9.17, 15) is 4.39 Å². The van der Waals surface area contributed by atoms with Crippen molar-refractivity contribution in [3.63, 3.8) is 0 Å². The zero-order valence-corrected chi connectivity index (χ0v) is 8.92. The Hall–Kier alpha value is -1.09. The van der Waals surface area contributed by atoms with Crippen LogP contribution >= 0.6 is 0 Å². The second kappa shape index (κ2) is 4.62. The molecule has 0 bridgehead atoms. The molecule has 0 spiro atoms. The lowest BCUT2D eigenvalue weighted by atomic mass is 9.89. The van der Waals surface area contributed by atoms with Crippen LogP contribution in [0.3, 0.4) is 0 Å². The highest BCUT2D eigenvalue weighted by Gasteiger charge is 2.18. The first-order valence-electron chi connectivity index (χ1n) is 5.35. The van der Waals surface area contributed by atoms with Crippen molar-refractivity contribution >= 4 is 0 Å². The zero-order valence-electron chi connectivity index (χ0n) is 8.92. The van der Waals surface area contributed by atoms with Gasteiger partial charge < -0.3 is 10.1 Å². The molecule has 15 heavy (non-hydrogen) atoms. The van der Waals surface area contributed by atoms with Gasteiger partial charge in [-0.1, -0.05) is 6.07 Å². The largest absolute Gasteiger partial charge is 0.496 e. The third-order valence-electron chi connectivity index (χ3n) is 2.97. The maximum absolute atomic E-state index is 13.0. The van der Waals surface area contributed by atoms with E-state index in [1.165, 1.54) is 12.1 Å². The number of ether oxygens (including phenoxy) is 1. The molecule has 0 amide bonds. The number of hydrogen-bond donors (Lipinski definition) is 1. The van der Waals surface area contributed by atoms with Gasteiger partial charge in [0.05, 0.1) is 7.11 Å². The summed E-state index contributed by atoms with van der Waals surface area (Å²) in [5, 5.41) is 3.32. The van der Waals surface area contributed by atoms with Gasteiger partial charge >= 0.3 is 0 Å². The van der Waals surface area contributed by atoms with E-state index in [4.69, 9.17) is 4.74 Å². The number of hydrogen-bond acceptors (Lipinski definition) is 2. The molecule has 2 rings (SSSR count). The number of benzene rings is 1. The second-order valence-electron chi connectivity index (χ2n) is 3.91. The summed E-state index contributed by atoms with van der Waals surface area (Å²) >= 11 is 0. The lowest BCUT2D eigenvalue weighted by molar-refractivity contribution is 0.388. The molecule has 0 aliphatic carbocycles. The smallest absolute Gasteiger partial charge is 0.126 e. The van der Waals surface area contributed by atoms with Gasteiger partial charge in [-0.2, -0.15) is 0 Å². The Morgan fingerprint density at radius 3 is 2.73 bits per heavy atom. The van der Waals surface area contributed by atoms with E-state index in [0.717, 1.165) is 31.5 Å². The van der Waals surface area contributed by atoms with Crippen LogP contribution in [-0.2, 0) is 0 Å². The van der Waals surface area contributed by atoms with Crippen molar-refractivity contribution in [1.29, 1.82) is 0 Å². The lowest BCUT2D eigenvalue weighted by Crippen LogP contribution is -2.26. The fourth-order valence-corrected chi connectivity index (χ4v) is 2.16. The van der Waals surface area contributed by atoms with Crippen molar-refractivity contribution in [1.82, 2.24) is 5.32 Å². The number of halogens is 1. The SMILES string of the molecule is COc1cc(F)ccc1C1CCNCC1. The van der Waals surface area contributed by atoms with Gasteiger partial charge in [-0.05, 0) is 43.5 Å². The zero-order chi connectivity index (χ0) is 10.7. The average molecular weight is 209 g/mol. The fraction of sp³-hybridized carbons (Fsp3) is 0.500. The average Bonchev–Trinajstić information content (AvgIpc) is 2.30. The van der Waals surface area contributed by atoms with Gasteiger partial charge in [0.2, 0.25) is 0 Å². The van der Waals surface area contributed by atoms with Crippen molar-refractivity contribution in [2.24, 2.45) is 0 Å². The van der Waals surface area contributed by atoms with Crippen LogP contribution < -0.4 is 10.1 Å².